The Morgan fingerprint density at radius 2 is 1.78 bits per heavy atom. The minimum atomic E-state index is -1.22. The van der Waals surface area contributed by atoms with E-state index in [0.29, 0.717) is 16.3 Å². The number of rotatable bonds is 8. The highest BCUT2D eigenvalue weighted by Gasteiger charge is 2.26. The number of anilines is 1. The molecule has 1 N–H and O–H groups in total. The van der Waals surface area contributed by atoms with Crippen molar-refractivity contribution in [2.75, 3.05) is 11.9 Å². The van der Waals surface area contributed by atoms with Crippen molar-refractivity contribution in [3.8, 4) is 5.75 Å². The summed E-state index contributed by atoms with van der Waals surface area (Å²) in [6.45, 7) is 12.9. The second-order valence-corrected chi connectivity index (χ2v) is 7.52. The summed E-state index contributed by atoms with van der Waals surface area (Å²) < 4.78 is 15.8. The van der Waals surface area contributed by atoms with Crippen LogP contribution in [0.3, 0.4) is 0 Å². The Bertz CT molecular complexity index is 704. The molecule has 0 aliphatic rings. The van der Waals surface area contributed by atoms with Gasteiger partial charge < -0.3 is 14.2 Å². The van der Waals surface area contributed by atoms with Crippen LogP contribution in [0.15, 0.2) is 24.3 Å². The van der Waals surface area contributed by atoms with Gasteiger partial charge in [0.2, 0.25) is 6.10 Å². The standard InChI is InChI=1S/C19H25Cl2NO5/c1-10(2)9-25-18(23)17(11(3)4)27-19(24)22-15-8-16(26-12(5)6)14(21)7-13(15)20/h7-8,10,12,17H,3,9H2,1-2,4-6H3,(H,22,24). The number of hydrogen-bond donors (Lipinski definition) is 1. The van der Waals surface area contributed by atoms with Gasteiger partial charge in [0.05, 0.1) is 28.4 Å². The van der Waals surface area contributed by atoms with Gasteiger partial charge in [-0.3, -0.25) is 5.32 Å². The van der Waals surface area contributed by atoms with E-state index in [-0.39, 0.29) is 29.3 Å². The first kappa shape index (κ1) is 23.1. The average Bonchev–Trinajstić information content (AvgIpc) is 2.54. The van der Waals surface area contributed by atoms with Gasteiger partial charge in [-0.05, 0) is 38.3 Å². The van der Waals surface area contributed by atoms with Crippen molar-refractivity contribution < 1.29 is 23.8 Å². The average molecular weight is 418 g/mol. The molecular weight excluding hydrogens is 393 g/mol. The van der Waals surface area contributed by atoms with Gasteiger partial charge in [0.15, 0.2) is 0 Å². The van der Waals surface area contributed by atoms with Crippen molar-refractivity contribution in [1.82, 2.24) is 0 Å². The molecule has 0 fully saturated rings. The van der Waals surface area contributed by atoms with Crippen LogP contribution in [0.25, 0.3) is 0 Å². The number of carbonyl (C=O) groups is 2. The zero-order valence-electron chi connectivity index (χ0n) is 16.1. The number of benzene rings is 1. The first-order valence-electron chi connectivity index (χ1n) is 8.46. The molecule has 0 aliphatic carbocycles. The van der Waals surface area contributed by atoms with Crippen LogP contribution >= 0.6 is 23.2 Å². The fourth-order valence-electron chi connectivity index (χ4n) is 1.89. The van der Waals surface area contributed by atoms with Crippen LogP contribution in [0.2, 0.25) is 10.0 Å². The SMILES string of the molecule is C=C(C)C(OC(=O)Nc1cc(OC(C)C)c(Cl)cc1Cl)C(=O)OCC(C)C. The summed E-state index contributed by atoms with van der Waals surface area (Å²) in [7, 11) is 0. The third-order valence-corrected chi connectivity index (χ3v) is 3.67. The van der Waals surface area contributed by atoms with Crippen LogP contribution in [0.4, 0.5) is 10.5 Å². The fraction of sp³-hybridized carbons (Fsp3) is 0.474. The van der Waals surface area contributed by atoms with Gasteiger partial charge in [-0.15, -0.1) is 0 Å². The Hall–Kier alpha value is -1.92. The van der Waals surface area contributed by atoms with Crippen LogP contribution in [0.5, 0.6) is 5.75 Å². The van der Waals surface area contributed by atoms with Crippen LogP contribution in [-0.2, 0) is 14.3 Å². The molecule has 0 heterocycles. The highest BCUT2D eigenvalue weighted by atomic mass is 35.5. The highest BCUT2D eigenvalue weighted by Crippen LogP contribution is 2.35. The van der Waals surface area contributed by atoms with Crippen molar-refractivity contribution >= 4 is 41.0 Å². The number of carbonyl (C=O) groups excluding carboxylic acids is 2. The molecule has 0 aromatic heterocycles. The summed E-state index contributed by atoms with van der Waals surface area (Å²) in [5, 5.41) is 2.98. The van der Waals surface area contributed by atoms with E-state index >= 15 is 0 Å². The van der Waals surface area contributed by atoms with Gasteiger partial charge in [0.1, 0.15) is 5.75 Å². The minimum Gasteiger partial charge on any atom is -0.489 e. The second kappa shape index (κ2) is 10.4. The second-order valence-electron chi connectivity index (χ2n) is 6.71. The summed E-state index contributed by atoms with van der Waals surface area (Å²) in [5.74, 6) is -0.169. The third-order valence-electron chi connectivity index (χ3n) is 3.07. The molecule has 1 atom stereocenters. The van der Waals surface area contributed by atoms with Crippen molar-refractivity contribution in [1.29, 1.82) is 0 Å². The van der Waals surface area contributed by atoms with E-state index in [2.05, 4.69) is 11.9 Å². The monoisotopic (exact) mass is 417 g/mol. The lowest BCUT2D eigenvalue weighted by Crippen LogP contribution is -2.32. The molecule has 150 valence electrons. The summed E-state index contributed by atoms with van der Waals surface area (Å²) in [6.07, 6.45) is -2.22. The Kier molecular flexibility index (Phi) is 8.93. The third kappa shape index (κ3) is 7.69. The van der Waals surface area contributed by atoms with Gasteiger partial charge in [-0.25, -0.2) is 9.59 Å². The van der Waals surface area contributed by atoms with Gasteiger partial charge >= 0.3 is 12.1 Å². The number of ether oxygens (including phenoxy) is 3. The molecule has 0 bridgehead atoms. The number of nitrogens with one attached hydrogen (secondary N) is 1. The largest absolute Gasteiger partial charge is 0.489 e. The van der Waals surface area contributed by atoms with Crippen molar-refractivity contribution in [3.05, 3.63) is 34.3 Å². The molecule has 0 saturated heterocycles. The smallest absolute Gasteiger partial charge is 0.412 e. The molecule has 1 rings (SSSR count). The molecule has 1 aromatic carbocycles. The molecule has 0 spiro atoms. The van der Waals surface area contributed by atoms with E-state index in [4.69, 9.17) is 37.4 Å². The number of halogens is 2. The van der Waals surface area contributed by atoms with Crippen LogP contribution in [0, 0.1) is 5.92 Å². The maximum atomic E-state index is 12.2. The molecule has 6 nitrogen and oxygen atoms in total. The van der Waals surface area contributed by atoms with Crippen molar-refractivity contribution in [3.63, 3.8) is 0 Å². The predicted molar refractivity (Wildman–Crippen MR) is 107 cm³/mol. The van der Waals surface area contributed by atoms with Crippen molar-refractivity contribution in [2.24, 2.45) is 5.92 Å². The minimum absolute atomic E-state index is 0.119. The Labute approximate surface area is 169 Å². The first-order chi connectivity index (χ1) is 12.5. The Morgan fingerprint density at radius 1 is 1.15 bits per heavy atom. The molecule has 1 unspecified atom stereocenters. The van der Waals surface area contributed by atoms with Crippen LogP contribution in [0.1, 0.15) is 34.6 Å². The molecule has 1 amide bonds. The van der Waals surface area contributed by atoms with Crippen LogP contribution < -0.4 is 10.1 Å². The van der Waals surface area contributed by atoms with E-state index in [1.54, 1.807) is 6.92 Å². The number of esters is 1. The van der Waals surface area contributed by atoms with E-state index in [0.717, 1.165) is 0 Å². The summed E-state index contributed by atoms with van der Waals surface area (Å²) >= 11 is 12.2. The molecule has 1 aromatic rings. The lowest BCUT2D eigenvalue weighted by Gasteiger charge is -2.19. The van der Waals surface area contributed by atoms with E-state index < -0.39 is 18.2 Å². The predicted octanol–water partition coefficient (Wildman–Crippen LogP) is 5.47. The maximum Gasteiger partial charge on any atom is 0.412 e. The van der Waals surface area contributed by atoms with E-state index in [9.17, 15) is 9.59 Å². The van der Waals surface area contributed by atoms with Gasteiger partial charge in [-0.2, -0.15) is 0 Å². The zero-order valence-corrected chi connectivity index (χ0v) is 17.6. The molecule has 0 saturated carbocycles. The molecular formula is C19H25Cl2NO5. The Balaban J connectivity index is 2.87. The highest BCUT2D eigenvalue weighted by molar-refractivity contribution is 6.37. The van der Waals surface area contributed by atoms with E-state index in [1.807, 2.05) is 27.7 Å². The van der Waals surface area contributed by atoms with Gasteiger partial charge in [0, 0.05) is 6.07 Å². The molecule has 27 heavy (non-hydrogen) atoms. The Morgan fingerprint density at radius 3 is 2.30 bits per heavy atom. The number of hydrogen-bond acceptors (Lipinski definition) is 5. The normalized spacial score (nSPS) is 11.9. The summed E-state index contributed by atoms with van der Waals surface area (Å²) in [5.41, 5.74) is 0.572. The maximum absolute atomic E-state index is 12.2. The molecule has 8 heteroatoms. The summed E-state index contributed by atoms with van der Waals surface area (Å²) in [4.78, 5) is 24.3. The molecule has 0 aliphatic heterocycles. The van der Waals surface area contributed by atoms with Gasteiger partial charge in [-0.1, -0.05) is 43.6 Å². The lowest BCUT2D eigenvalue weighted by molar-refractivity contribution is -0.152. The van der Waals surface area contributed by atoms with Crippen molar-refractivity contribution in [2.45, 2.75) is 46.8 Å². The number of amides is 1. The first-order valence-corrected chi connectivity index (χ1v) is 9.22. The van der Waals surface area contributed by atoms with E-state index in [1.165, 1.54) is 12.1 Å². The fourth-order valence-corrected chi connectivity index (χ4v) is 2.36. The van der Waals surface area contributed by atoms with Gasteiger partial charge in [0.25, 0.3) is 0 Å². The quantitative estimate of drug-likeness (QED) is 0.448. The topological polar surface area (TPSA) is 73.9 Å². The van der Waals surface area contributed by atoms with Crippen LogP contribution in [-0.4, -0.2) is 30.9 Å². The lowest BCUT2D eigenvalue weighted by atomic mass is 10.2. The molecule has 0 radical (unpaired) electrons. The zero-order chi connectivity index (χ0) is 20.7. The summed E-state index contributed by atoms with van der Waals surface area (Å²) in [6, 6.07) is 2.93.